The smallest absolute Gasteiger partial charge is 0.306 e. The molecule has 0 radical (unpaired) electrons. The van der Waals surface area contributed by atoms with E-state index in [1.54, 1.807) is 6.08 Å². The van der Waals surface area contributed by atoms with Gasteiger partial charge in [-0.25, -0.2) is 0 Å². The Morgan fingerprint density at radius 1 is 1.24 bits per heavy atom. The first-order valence-electron chi connectivity index (χ1n) is 7.20. The van der Waals surface area contributed by atoms with Crippen LogP contribution in [0.4, 0.5) is 0 Å². The van der Waals surface area contributed by atoms with Crippen molar-refractivity contribution in [2.24, 2.45) is 0 Å². The lowest BCUT2D eigenvalue weighted by Gasteiger charge is -2.06. The van der Waals surface area contributed by atoms with Gasteiger partial charge >= 0.3 is 5.97 Å². The van der Waals surface area contributed by atoms with E-state index in [1.165, 1.54) is 5.56 Å². The van der Waals surface area contributed by atoms with Gasteiger partial charge in [0.1, 0.15) is 6.61 Å². The quantitative estimate of drug-likeness (QED) is 0.432. The second-order valence-corrected chi connectivity index (χ2v) is 4.88. The van der Waals surface area contributed by atoms with E-state index in [4.69, 9.17) is 4.74 Å². The summed E-state index contributed by atoms with van der Waals surface area (Å²) in [5.41, 5.74) is 2.35. The van der Waals surface area contributed by atoms with Crippen molar-refractivity contribution in [3.05, 3.63) is 48.0 Å². The van der Waals surface area contributed by atoms with E-state index < -0.39 is 0 Å². The van der Waals surface area contributed by atoms with Gasteiger partial charge in [0.05, 0.1) is 6.54 Å². The van der Waals surface area contributed by atoms with Crippen LogP contribution in [-0.4, -0.2) is 25.0 Å². The summed E-state index contributed by atoms with van der Waals surface area (Å²) < 4.78 is 4.97. The van der Waals surface area contributed by atoms with E-state index in [2.05, 4.69) is 11.9 Å². The summed E-state index contributed by atoms with van der Waals surface area (Å²) in [5, 5.41) is 2.74. The first-order chi connectivity index (χ1) is 10.1. The highest BCUT2D eigenvalue weighted by Gasteiger charge is 2.04. The van der Waals surface area contributed by atoms with Crippen LogP contribution in [0, 0.1) is 6.92 Å². The summed E-state index contributed by atoms with van der Waals surface area (Å²) in [7, 11) is 0. The molecular formula is C17H23NO3. The average molecular weight is 289 g/mol. The van der Waals surface area contributed by atoms with Crippen molar-refractivity contribution < 1.29 is 14.3 Å². The molecule has 0 atom stereocenters. The van der Waals surface area contributed by atoms with E-state index >= 15 is 0 Å². The van der Waals surface area contributed by atoms with E-state index in [9.17, 15) is 9.59 Å². The van der Waals surface area contributed by atoms with Crippen molar-refractivity contribution in [1.29, 1.82) is 0 Å². The normalized spacial score (nSPS) is 9.95. The third-order valence-corrected chi connectivity index (χ3v) is 3.00. The van der Waals surface area contributed by atoms with Crippen LogP contribution in [0.3, 0.4) is 0 Å². The Kier molecular flexibility index (Phi) is 7.87. The molecule has 1 aromatic carbocycles. The molecular weight excluding hydrogens is 266 g/mol. The molecule has 0 aliphatic carbocycles. The highest BCUT2D eigenvalue weighted by molar-refractivity contribution is 5.76. The molecule has 0 aromatic heterocycles. The second kappa shape index (κ2) is 9.75. The van der Waals surface area contributed by atoms with E-state index in [0.717, 1.165) is 5.56 Å². The van der Waals surface area contributed by atoms with Gasteiger partial charge < -0.3 is 10.1 Å². The number of nitrogens with one attached hydrogen (secondary N) is 1. The number of carbonyl (C=O) groups excluding carboxylic acids is 2. The molecule has 1 rings (SSSR count). The van der Waals surface area contributed by atoms with Crippen molar-refractivity contribution in [3.8, 4) is 0 Å². The third-order valence-electron chi connectivity index (χ3n) is 3.00. The summed E-state index contributed by atoms with van der Waals surface area (Å²) in [5.74, 6) is -0.290. The van der Waals surface area contributed by atoms with Gasteiger partial charge in [-0.2, -0.15) is 0 Å². The van der Waals surface area contributed by atoms with Gasteiger partial charge in [0.25, 0.3) is 0 Å². The number of rotatable bonds is 9. The minimum absolute atomic E-state index is 0.0299. The molecule has 0 saturated carbocycles. The van der Waals surface area contributed by atoms with Crippen LogP contribution in [0.15, 0.2) is 36.9 Å². The maximum absolute atomic E-state index is 11.6. The van der Waals surface area contributed by atoms with Crippen LogP contribution in [0.25, 0.3) is 0 Å². The highest BCUT2D eigenvalue weighted by atomic mass is 16.5. The van der Waals surface area contributed by atoms with Gasteiger partial charge in [-0.1, -0.05) is 35.9 Å². The Morgan fingerprint density at radius 2 is 1.95 bits per heavy atom. The Bertz CT molecular complexity index is 465. The van der Waals surface area contributed by atoms with Crippen molar-refractivity contribution in [2.75, 3.05) is 13.2 Å². The molecule has 0 aliphatic heterocycles. The molecule has 0 aliphatic rings. The molecule has 1 amide bonds. The van der Waals surface area contributed by atoms with Crippen molar-refractivity contribution >= 4 is 11.9 Å². The Hall–Kier alpha value is -2.10. The van der Waals surface area contributed by atoms with E-state index in [1.807, 2.05) is 31.2 Å². The fourth-order valence-electron chi connectivity index (χ4n) is 1.75. The van der Waals surface area contributed by atoms with Crippen molar-refractivity contribution in [3.63, 3.8) is 0 Å². The number of benzene rings is 1. The molecule has 0 bridgehead atoms. The van der Waals surface area contributed by atoms with Crippen LogP contribution < -0.4 is 5.32 Å². The molecule has 21 heavy (non-hydrogen) atoms. The van der Waals surface area contributed by atoms with Crippen LogP contribution in [0.5, 0.6) is 0 Å². The second-order valence-electron chi connectivity index (χ2n) is 4.88. The van der Waals surface area contributed by atoms with Gasteiger partial charge in [0.2, 0.25) is 5.91 Å². The van der Waals surface area contributed by atoms with Gasteiger partial charge in [-0.05, 0) is 25.3 Å². The monoisotopic (exact) mass is 289 g/mol. The predicted molar refractivity (Wildman–Crippen MR) is 82.9 cm³/mol. The molecule has 1 aromatic rings. The number of allylic oxidation sites excluding steroid dienone is 1. The van der Waals surface area contributed by atoms with Crippen molar-refractivity contribution in [1.82, 2.24) is 5.32 Å². The lowest BCUT2D eigenvalue weighted by atomic mass is 10.1. The zero-order valence-corrected chi connectivity index (χ0v) is 12.6. The van der Waals surface area contributed by atoms with E-state index in [0.29, 0.717) is 32.2 Å². The molecule has 0 fully saturated rings. The van der Waals surface area contributed by atoms with Crippen molar-refractivity contribution in [2.45, 2.75) is 32.6 Å². The van der Waals surface area contributed by atoms with E-state index in [-0.39, 0.29) is 18.5 Å². The topological polar surface area (TPSA) is 55.4 Å². The number of carbonyl (C=O) groups is 2. The van der Waals surface area contributed by atoms with Gasteiger partial charge in [0.15, 0.2) is 0 Å². The zero-order chi connectivity index (χ0) is 15.5. The number of amides is 1. The molecule has 0 heterocycles. The molecule has 0 unspecified atom stereocenters. The Morgan fingerprint density at radius 3 is 2.62 bits per heavy atom. The van der Waals surface area contributed by atoms with Gasteiger partial charge in [-0.3, -0.25) is 9.59 Å². The zero-order valence-electron chi connectivity index (χ0n) is 12.6. The SMILES string of the molecule is C=CCCC(=O)OCCNC(=O)CCc1ccc(C)cc1. The minimum Gasteiger partial charge on any atom is -0.464 e. The summed E-state index contributed by atoms with van der Waals surface area (Å²) in [6, 6.07) is 8.14. The van der Waals surface area contributed by atoms with Crippen LogP contribution in [0.2, 0.25) is 0 Å². The summed E-state index contributed by atoms with van der Waals surface area (Å²) in [6.45, 7) is 6.14. The standard InChI is InChI=1S/C17H23NO3/c1-3-4-5-17(20)21-13-12-18-16(19)11-10-15-8-6-14(2)7-9-15/h3,6-9H,1,4-5,10-13H2,2H3,(H,18,19). The number of hydrogen-bond acceptors (Lipinski definition) is 3. The van der Waals surface area contributed by atoms with Crippen LogP contribution >= 0.6 is 0 Å². The molecule has 4 heteroatoms. The van der Waals surface area contributed by atoms with Gasteiger partial charge in [-0.15, -0.1) is 6.58 Å². The van der Waals surface area contributed by atoms with Crippen LogP contribution in [-0.2, 0) is 20.7 Å². The number of hydrogen-bond donors (Lipinski definition) is 1. The molecule has 0 spiro atoms. The fourth-order valence-corrected chi connectivity index (χ4v) is 1.75. The first-order valence-corrected chi connectivity index (χ1v) is 7.20. The number of esters is 1. The predicted octanol–water partition coefficient (Wildman–Crippen LogP) is 2.55. The summed E-state index contributed by atoms with van der Waals surface area (Å²) in [6.07, 6.45) is 3.78. The largest absolute Gasteiger partial charge is 0.464 e. The first kappa shape index (κ1) is 17.0. The highest BCUT2D eigenvalue weighted by Crippen LogP contribution is 2.05. The average Bonchev–Trinajstić information content (AvgIpc) is 2.49. The maximum Gasteiger partial charge on any atom is 0.306 e. The summed E-state index contributed by atoms with van der Waals surface area (Å²) in [4.78, 5) is 22.8. The molecule has 4 nitrogen and oxygen atoms in total. The maximum atomic E-state index is 11.6. The fraction of sp³-hybridized carbons (Fsp3) is 0.412. The molecule has 114 valence electrons. The molecule has 1 N–H and O–H groups in total. The third kappa shape index (κ3) is 7.92. The number of aryl methyl sites for hydroxylation is 2. The lowest BCUT2D eigenvalue weighted by Crippen LogP contribution is -2.28. The van der Waals surface area contributed by atoms with Crippen LogP contribution in [0.1, 0.15) is 30.4 Å². The van der Waals surface area contributed by atoms with Gasteiger partial charge in [0, 0.05) is 12.8 Å². The Labute approximate surface area is 126 Å². The molecule has 0 saturated heterocycles. The number of ether oxygens (including phenoxy) is 1. The summed E-state index contributed by atoms with van der Waals surface area (Å²) >= 11 is 0. The minimum atomic E-state index is -0.260. The Balaban J connectivity index is 2.10. The lowest BCUT2D eigenvalue weighted by molar-refractivity contribution is -0.143.